The van der Waals surface area contributed by atoms with E-state index in [1.165, 1.54) is 0 Å². The molecular formula is C10H11Cl3O. The van der Waals surface area contributed by atoms with Gasteiger partial charge in [-0.25, -0.2) is 0 Å². The van der Waals surface area contributed by atoms with Crippen molar-refractivity contribution >= 4 is 40.0 Å². The molecular weight excluding hydrogens is 242 g/mol. The van der Waals surface area contributed by atoms with Crippen LogP contribution in [-0.2, 0) is 11.2 Å². The van der Waals surface area contributed by atoms with E-state index in [0.717, 1.165) is 0 Å². The molecule has 0 N–H and O–H groups in total. The second kappa shape index (κ2) is 7.10. The predicted molar refractivity (Wildman–Crippen MR) is 62.4 cm³/mol. The Hall–Kier alpha value is -0.240. The average Bonchev–Trinajstić information content (AvgIpc) is 2.15. The Bertz CT molecular complexity index is 290. The summed E-state index contributed by atoms with van der Waals surface area (Å²) in [4.78, 5) is 10.6. The maximum absolute atomic E-state index is 10.6. The van der Waals surface area contributed by atoms with Crippen molar-refractivity contribution in [2.24, 2.45) is 0 Å². The van der Waals surface area contributed by atoms with Crippen molar-refractivity contribution in [3.05, 3.63) is 33.8 Å². The van der Waals surface area contributed by atoms with Gasteiger partial charge < -0.3 is 0 Å². The van der Waals surface area contributed by atoms with E-state index in [2.05, 4.69) is 0 Å². The zero-order valence-corrected chi connectivity index (χ0v) is 10.2. The van der Waals surface area contributed by atoms with Crippen LogP contribution in [0.15, 0.2) is 18.2 Å². The molecule has 0 radical (unpaired) electrons. The van der Waals surface area contributed by atoms with Gasteiger partial charge in [0, 0.05) is 16.5 Å². The van der Waals surface area contributed by atoms with Crippen LogP contribution < -0.4 is 0 Å². The average molecular weight is 254 g/mol. The smallest absolute Gasteiger partial charge is 0.226 e. The molecule has 4 heteroatoms. The summed E-state index contributed by atoms with van der Waals surface area (Å²) in [6.45, 7) is 4.00. The molecule has 0 aromatic heterocycles. The Labute approximate surface area is 99.0 Å². The van der Waals surface area contributed by atoms with E-state index in [1.54, 1.807) is 18.2 Å². The minimum Gasteiger partial charge on any atom is -0.281 e. The van der Waals surface area contributed by atoms with E-state index in [-0.39, 0.29) is 6.42 Å². The first-order chi connectivity index (χ1) is 6.61. The highest BCUT2D eigenvalue weighted by atomic mass is 35.5. The predicted octanol–water partition coefficient (Wildman–Crippen LogP) is 4.33. The largest absolute Gasteiger partial charge is 0.281 e. The number of carbonyl (C=O) groups is 1. The monoisotopic (exact) mass is 252 g/mol. The molecule has 0 unspecified atom stereocenters. The summed E-state index contributed by atoms with van der Waals surface area (Å²) in [5.41, 5.74) is 0.584. The summed E-state index contributed by atoms with van der Waals surface area (Å²) in [6, 6.07) is 5.05. The molecule has 0 aliphatic rings. The Morgan fingerprint density at radius 1 is 1.21 bits per heavy atom. The van der Waals surface area contributed by atoms with Gasteiger partial charge in [-0.1, -0.05) is 43.1 Å². The summed E-state index contributed by atoms with van der Waals surface area (Å²) in [5.74, 6) is 0. The minimum absolute atomic E-state index is 0.0695. The maximum Gasteiger partial charge on any atom is 0.226 e. The van der Waals surface area contributed by atoms with Crippen LogP contribution in [0.3, 0.4) is 0 Å². The van der Waals surface area contributed by atoms with Gasteiger partial charge in [0.25, 0.3) is 0 Å². The fraction of sp³-hybridized carbons (Fsp3) is 0.300. The molecule has 1 aromatic carbocycles. The summed E-state index contributed by atoms with van der Waals surface area (Å²) in [5, 5.41) is 0.470. The van der Waals surface area contributed by atoms with Gasteiger partial charge in [-0.3, -0.25) is 4.79 Å². The van der Waals surface area contributed by atoms with Gasteiger partial charge in [0.15, 0.2) is 0 Å². The van der Waals surface area contributed by atoms with Gasteiger partial charge in [0.1, 0.15) is 0 Å². The van der Waals surface area contributed by atoms with Gasteiger partial charge in [-0.2, -0.15) is 0 Å². The molecule has 0 spiro atoms. The standard InChI is InChI=1S/C8H5Cl3O.C2H6/c9-6-2-1-3-7(10)5(6)4-8(11)12;1-2/h1-3H,4H2;1-2H3. The van der Waals surface area contributed by atoms with Crippen molar-refractivity contribution in [1.82, 2.24) is 0 Å². The van der Waals surface area contributed by atoms with Crippen LogP contribution in [0.1, 0.15) is 19.4 Å². The maximum atomic E-state index is 10.6. The van der Waals surface area contributed by atoms with E-state index in [4.69, 9.17) is 34.8 Å². The van der Waals surface area contributed by atoms with Crippen LogP contribution in [0.25, 0.3) is 0 Å². The molecule has 0 aliphatic heterocycles. The number of benzene rings is 1. The van der Waals surface area contributed by atoms with Crippen molar-refractivity contribution in [2.45, 2.75) is 20.3 Å². The molecule has 1 rings (SSSR count). The third-order valence-electron chi connectivity index (χ3n) is 1.38. The first-order valence-electron chi connectivity index (χ1n) is 4.22. The fourth-order valence-corrected chi connectivity index (χ4v) is 1.50. The number of halogens is 3. The Balaban J connectivity index is 0.000000791. The molecule has 0 saturated carbocycles. The second-order valence-corrected chi connectivity index (χ2v) is 3.47. The lowest BCUT2D eigenvalue weighted by atomic mass is 10.2. The molecule has 0 amide bonds. The number of rotatable bonds is 2. The lowest BCUT2D eigenvalue weighted by Crippen LogP contribution is -1.95. The Morgan fingerprint density at radius 2 is 1.64 bits per heavy atom. The molecule has 1 nitrogen and oxygen atoms in total. The van der Waals surface area contributed by atoms with E-state index < -0.39 is 5.24 Å². The van der Waals surface area contributed by atoms with Crippen LogP contribution in [0.4, 0.5) is 0 Å². The first-order valence-corrected chi connectivity index (χ1v) is 5.36. The van der Waals surface area contributed by atoms with E-state index in [9.17, 15) is 4.79 Å². The molecule has 0 aliphatic carbocycles. The summed E-state index contributed by atoms with van der Waals surface area (Å²) in [7, 11) is 0. The van der Waals surface area contributed by atoms with Crippen LogP contribution in [0.2, 0.25) is 10.0 Å². The van der Waals surface area contributed by atoms with Crippen LogP contribution in [0, 0.1) is 0 Å². The Morgan fingerprint density at radius 3 is 2.00 bits per heavy atom. The highest BCUT2D eigenvalue weighted by molar-refractivity contribution is 6.63. The van der Waals surface area contributed by atoms with Crippen molar-refractivity contribution in [1.29, 1.82) is 0 Å². The van der Waals surface area contributed by atoms with Crippen molar-refractivity contribution < 1.29 is 4.79 Å². The number of hydrogen-bond donors (Lipinski definition) is 0. The SMILES string of the molecule is CC.O=C(Cl)Cc1c(Cl)cccc1Cl. The quantitative estimate of drug-likeness (QED) is 0.717. The van der Waals surface area contributed by atoms with Gasteiger partial charge >= 0.3 is 0 Å². The van der Waals surface area contributed by atoms with E-state index in [0.29, 0.717) is 15.6 Å². The van der Waals surface area contributed by atoms with E-state index in [1.807, 2.05) is 13.8 Å². The van der Waals surface area contributed by atoms with Crippen molar-refractivity contribution in [2.75, 3.05) is 0 Å². The first kappa shape index (κ1) is 13.8. The highest BCUT2D eigenvalue weighted by Gasteiger charge is 2.07. The number of hydrogen-bond acceptors (Lipinski definition) is 1. The minimum atomic E-state index is -0.468. The van der Waals surface area contributed by atoms with Gasteiger partial charge in [-0.05, 0) is 29.3 Å². The molecule has 78 valence electrons. The third kappa shape index (κ3) is 4.32. The molecule has 14 heavy (non-hydrogen) atoms. The molecule has 0 atom stereocenters. The normalized spacial score (nSPS) is 8.93. The van der Waals surface area contributed by atoms with Gasteiger partial charge in [0.05, 0.1) is 0 Å². The van der Waals surface area contributed by atoms with E-state index >= 15 is 0 Å². The fourth-order valence-electron chi connectivity index (χ4n) is 0.840. The van der Waals surface area contributed by atoms with Gasteiger partial charge in [0.2, 0.25) is 5.24 Å². The zero-order valence-electron chi connectivity index (χ0n) is 7.98. The zero-order chi connectivity index (χ0) is 11.1. The Kier molecular flexibility index (Phi) is 6.98. The molecule has 0 saturated heterocycles. The number of carbonyl (C=O) groups excluding carboxylic acids is 1. The third-order valence-corrected chi connectivity index (χ3v) is 2.22. The summed E-state index contributed by atoms with van der Waals surface area (Å²) >= 11 is 16.8. The van der Waals surface area contributed by atoms with Crippen molar-refractivity contribution in [3.63, 3.8) is 0 Å². The highest BCUT2D eigenvalue weighted by Crippen LogP contribution is 2.24. The topological polar surface area (TPSA) is 17.1 Å². The molecule has 0 heterocycles. The lowest BCUT2D eigenvalue weighted by molar-refractivity contribution is -0.111. The molecule has 1 aromatic rings. The summed E-state index contributed by atoms with van der Waals surface area (Å²) in [6.07, 6.45) is 0.0695. The molecule has 0 fully saturated rings. The van der Waals surface area contributed by atoms with Crippen LogP contribution >= 0.6 is 34.8 Å². The molecule has 0 bridgehead atoms. The van der Waals surface area contributed by atoms with Crippen LogP contribution in [0.5, 0.6) is 0 Å². The lowest BCUT2D eigenvalue weighted by Gasteiger charge is -2.02. The van der Waals surface area contributed by atoms with Gasteiger partial charge in [-0.15, -0.1) is 0 Å². The summed E-state index contributed by atoms with van der Waals surface area (Å²) < 4.78 is 0. The van der Waals surface area contributed by atoms with Crippen LogP contribution in [-0.4, -0.2) is 5.24 Å². The second-order valence-electron chi connectivity index (χ2n) is 2.23. The van der Waals surface area contributed by atoms with Crippen molar-refractivity contribution in [3.8, 4) is 0 Å².